The highest BCUT2D eigenvalue weighted by molar-refractivity contribution is 5.19. The fraction of sp³-hybridized carbons (Fsp3) is 1.00. The normalized spacial score (nSPS) is 71.2. The largest absolute Gasteiger partial charge is 0.0593 e. The molecule has 0 aromatic heterocycles. The van der Waals surface area contributed by atoms with E-state index in [2.05, 4.69) is 6.92 Å². The molecule has 4 saturated carbocycles. The van der Waals surface area contributed by atoms with Crippen molar-refractivity contribution in [2.45, 2.75) is 39.0 Å². The van der Waals surface area contributed by atoms with Gasteiger partial charge in [0.25, 0.3) is 0 Å². The molecule has 4 unspecified atom stereocenters. The standard InChI is InChI=1S/C12H18/c1-12-5-9-7-3-2-4-8(7)10(6-12)11(9)12/h7-11H,2-6H2,1H3. The van der Waals surface area contributed by atoms with Crippen molar-refractivity contribution in [3.8, 4) is 0 Å². The second kappa shape index (κ2) is 1.63. The molecule has 4 atom stereocenters. The number of fused-ring (bicyclic) bond motifs is 3. The molecule has 4 aliphatic rings. The predicted octanol–water partition coefficient (Wildman–Crippen LogP) is 3.08. The molecular weight excluding hydrogens is 144 g/mol. The summed E-state index contributed by atoms with van der Waals surface area (Å²) in [6.07, 6.45) is 7.97. The first-order valence-electron chi connectivity index (χ1n) is 5.80. The van der Waals surface area contributed by atoms with Crippen molar-refractivity contribution in [3.05, 3.63) is 0 Å². The molecule has 0 amide bonds. The highest BCUT2D eigenvalue weighted by Crippen LogP contribution is 2.78. The van der Waals surface area contributed by atoms with Gasteiger partial charge in [0.15, 0.2) is 0 Å². The molecule has 0 spiro atoms. The average Bonchev–Trinajstić information content (AvgIpc) is 2.49. The third-order valence-electron chi connectivity index (χ3n) is 5.86. The molecule has 0 nitrogen and oxygen atoms in total. The number of hydrogen-bond acceptors (Lipinski definition) is 0. The van der Waals surface area contributed by atoms with Crippen molar-refractivity contribution in [3.63, 3.8) is 0 Å². The molecule has 66 valence electrons. The fourth-order valence-electron chi connectivity index (χ4n) is 5.63. The third kappa shape index (κ3) is 0.459. The molecule has 0 saturated heterocycles. The SMILES string of the molecule is CC12CC3C4CCCC4C(C1)C32. The highest BCUT2D eigenvalue weighted by atomic mass is 14.8. The first-order valence-corrected chi connectivity index (χ1v) is 5.80. The van der Waals surface area contributed by atoms with Crippen molar-refractivity contribution in [2.24, 2.45) is 35.0 Å². The Kier molecular flexibility index (Phi) is 0.875. The molecule has 0 N–H and O–H groups in total. The van der Waals surface area contributed by atoms with Crippen LogP contribution in [-0.2, 0) is 0 Å². The lowest BCUT2D eigenvalue weighted by Gasteiger charge is -2.63. The quantitative estimate of drug-likeness (QED) is 0.513. The minimum Gasteiger partial charge on any atom is -0.0593 e. The minimum absolute atomic E-state index is 0.861. The summed E-state index contributed by atoms with van der Waals surface area (Å²) in [6.45, 7) is 2.55. The molecule has 0 aliphatic heterocycles. The van der Waals surface area contributed by atoms with Gasteiger partial charge in [-0.3, -0.25) is 0 Å². The molecule has 0 heteroatoms. The van der Waals surface area contributed by atoms with Crippen molar-refractivity contribution >= 4 is 0 Å². The summed E-state index contributed by atoms with van der Waals surface area (Å²) in [6, 6.07) is 0. The fourth-order valence-corrected chi connectivity index (χ4v) is 5.63. The van der Waals surface area contributed by atoms with Crippen molar-refractivity contribution in [1.82, 2.24) is 0 Å². The number of hydrogen-bond donors (Lipinski definition) is 0. The summed E-state index contributed by atoms with van der Waals surface area (Å²) in [5.74, 6) is 6.04. The first-order chi connectivity index (χ1) is 5.80. The lowest BCUT2D eigenvalue weighted by molar-refractivity contribution is -0.146. The zero-order valence-corrected chi connectivity index (χ0v) is 7.92. The van der Waals surface area contributed by atoms with Crippen LogP contribution in [0.5, 0.6) is 0 Å². The van der Waals surface area contributed by atoms with Crippen molar-refractivity contribution in [1.29, 1.82) is 0 Å². The van der Waals surface area contributed by atoms with Crippen LogP contribution in [0.4, 0.5) is 0 Å². The van der Waals surface area contributed by atoms with Crippen LogP contribution in [0.3, 0.4) is 0 Å². The molecule has 0 radical (unpaired) electrons. The third-order valence-corrected chi connectivity index (χ3v) is 5.86. The van der Waals surface area contributed by atoms with Gasteiger partial charge < -0.3 is 0 Å². The van der Waals surface area contributed by atoms with E-state index in [9.17, 15) is 0 Å². The predicted molar refractivity (Wildman–Crippen MR) is 48.6 cm³/mol. The molecular formula is C12H18. The summed E-state index contributed by atoms with van der Waals surface area (Å²) >= 11 is 0. The number of rotatable bonds is 0. The van der Waals surface area contributed by atoms with Crippen LogP contribution in [0.2, 0.25) is 0 Å². The van der Waals surface area contributed by atoms with Gasteiger partial charge in [0.1, 0.15) is 0 Å². The van der Waals surface area contributed by atoms with E-state index in [1.807, 2.05) is 0 Å². The Morgan fingerprint density at radius 3 is 2.00 bits per heavy atom. The Morgan fingerprint density at radius 1 is 0.917 bits per heavy atom. The van der Waals surface area contributed by atoms with E-state index >= 15 is 0 Å². The van der Waals surface area contributed by atoms with Crippen molar-refractivity contribution in [2.75, 3.05) is 0 Å². The molecule has 12 heavy (non-hydrogen) atoms. The highest BCUT2D eigenvalue weighted by Gasteiger charge is 2.71. The molecule has 0 heterocycles. The van der Waals surface area contributed by atoms with Gasteiger partial charge in [-0.05, 0) is 60.7 Å². The molecule has 0 aromatic carbocycles. The minimum atomic E-state index is 0.861. The Morgan fingerprint density at radius 2 is 1.50 bits per heavy atom. The van der Waals surface area contributed by atoms with Crippen LogP contribution >= 0.6 is 0 Å². The van der Waals surface area contributed by atoms with Gasteiger partial charge in [0.05, 0.1) is 0 Å². The van der Waals surface area contributed by atoms with Crippen LogP contribution in [0.25, 0.3) is 0 Å². The lowest BCUT2D eigenvalue weighted by Crippen LogP contribution is -2.56. The molecule has 0 bridgehead atoms. The van der Waals surface area contributed by atoms with Gasteiger partial charge >= 0.3 is 0 Å². The zero-order valence-electron chi connectivity index (χ0n) is 7.92. The maximum atomic E-state index is 2.55. The monoisotopic (exact) mass is 162 g/mol. The van der Waals surface area contributed by atoms with E-state index in [1.54, 1.807) is 32.1 Å². The van der Waals surface area contributed by atoms with Gasteiger partial charge in [-0.1, -0.05) is 13.3 Å². The lowest BCUT2D eigenvalue weighted by atomic mass is 9.41. The van der Waals surface area contributed by atoms with Crippen LogP contribution in [0, 0.1) is 35.0 Å². The molecule has 4 fully saturated rings. The van der Waals surface area contributed by atoms with Gasteiger partial charge in [-0.15, -0.1) is 0 Å². The average molecular weight is 162 g/mol. The van der Waals surface area contributed by atoms with Crippen LogP contribution in [0.15, 0.2) is 0 Å². The van der Waals surface area contributed by atoms with Gasteiger partial charge in [0, 0.05) is 0 Å². The maximum absolute atomic E-state index is 2.55. The van der Waals surface area contributed by atoms with E-state index in [0.29, 0.717) is 0 Å². The topological polar surface area (TPSA) is 0 Å². The van der Waals surface area contributed by atoms with Crippen LogP contribution < -0.4 is 0 Å². The second-order valence-corrected chi connectivity index (χ2v) is 6.17. The Balaban J connectivity index is 1.74. The Hall–Kier alpha value is 0. The maximum Gasteiger partial charge on any atom is -0.0286 e. The van der Waals surface area contributed by atoms with Gasteiger partial charge in [0.2, 0.25) is 0 Å². The summed E-state index contributed by atoms with van der Waals surface area (Å²) in [5, 5.41) is 0. The summed E-state index contributed by atoms with van der Waals surface area (Å²) in [7, 11) is 0. The van der Waals surface area contributed by atoms with Gasteiger partial charge in [-0.25, -0.2) is 0 Å². The Bertz CT molecular complexity index is 218. The second-order valence-electron chi connectivity index (χ2n) is 6.17. The Labute approximate surface area is 74.7 Å². The summed E-state index contributed by atoms with van der Waals surface area (Å²) in [5.41, 5.74) is 0.861. The van der Waals surface area contributed by atoms with E-state index in [0.717, 1.165) is 5.41 Å². The summed E-state index contributed by atoms with van der Waals surface area (Å²) in [4.78, 5) is 0. The zero-order chi connectivity index (χ0) is 7.92. The first kappa shape index (κ1) is 6.45. The van der Waals surface area contributed by atoms with Crippen LogP contribution in [0.1, 0.15) is 39.0 Å². The van der Waals surface area contributed by atoms with Crippen molar-refractivity contribution < 1.29 is 0 Å². The summed E-state index contributed by atoms with van der Waals surface area (Å²) < 4.78 is 0. The molecule has 4 aliphatic carbocycles. The van der Waals surface area contributed by atoms with Crippen LogP contribution in [-0.4, -0.2) is 0 Å². The van der Waals surface area contributed by atoms with E-state index in [-0.39, 0.29) is 0 Å². The molecule has 0 aromatic rings. The smallest absolute Gasteiger partial charge is 0.0286 e. The van der Waals surface area contributed by atoms with E-state index < -0.39 is 0 Å². The van der Waals surface area contributed by atoms with E-state index in [4.69, 9.17) is 0 Å². The van der Waals surface area contributed by atoms with Gasteiger partial charge in [-0.2, -0.15) is 0 Å². The van der Waals surface area contributed by atoms with E-state index in [1.165, 1.54) is 29.6 Å². The molecule has 4 rings (SSSR count).